The first-order valence-corrected chi connectivity index (χ1v) is 6.32. The maximum Gasteiger partial charge on any atom is 0.190 e. The van der Waals surface area contributed by atoms with Gasteiger partial charge < -0.3 is 5.32 Å². The summed E-state index contributed by atoms with van der Waals surface area (Å²) in [7, 11) is 3.87. The molecule has 90 valence electrons. The van der Waals surface area contributed by atoms with Crippen molar-refractivity contribution in [2.75, 3.05) is 7.05 Å². The number of hydrogen-bond acceptors (Lipinski definition) is 4. The number of aromatic nitrogens is 3. The highest BCUT2D eigenvalue weighted by atomic mass is 32.2. The summed E-state index contributed by atoms with van der Waals surface area (Å²) in [5, 5.41) is 8.24. The van der Waals surface area contributed by atoms with Gasteiger partial charge in [-0.2, -0.15) is 5.10 Å². The van der Waals surface area contributed by atoms with E-state index in [1.54, 1.807) is 22.8 Å². The summed E-state index contributed by atoms with van der Waals surface area (Å²) in [6, 6.07) is 8.68. The number of rotatable bonds is 4. The molecule has 0 radical (unpaired) electrons. The Balaban J connectivity index is 2.30. The van der Waals surface area contributed by atoms with Crippen molar-refractivity contribution in [1.29, 1.82) is 0 Å². The lowest BCUT2D eigenvalue weighted by Gasteiger charge is -2.14. The number of hydrogen-bond donors (Lipinski definition) is 1. The molecule has 0 fully saturated rings. The summed E-state index contributed by atoms with van der Waals surface area (Å²) < 4.78 is 1.78. The standard InChI is InChI=1S/C12H16N4S/c1-9(13-2)10-6-4-5-7-11(10)17-12-14-8-15-16(12)3/h4-9,13H,1-3H3. The van der Waals surface area contributed by atoms with Gasteiger partial charge in [0.05, 0.1) is 0 Å². The molecule has 1 atom stereocenters. The van der Waals surface area contributed by atoms with Gasteiger partial charge in [0.25, 0.3) is 0 Å². The molecule has 0 aliphatic rings. The number of benzene rings is 1. The second-order valence-electron chi connectivity index (χ2n) is 3.82. The first-order chi connectivity index (χ1) is 8.22. The minimum Gasteiger partial charge on any atom is -0.313 e. The minimum absolute atomic E-state index is 0.326. The Hall–Kier alpha value is -1.33. The molecule has 4 nitrogen and oxygen atoms in total. The fourth-order valence-corrected chi connectivity index (χ4v) is 2.55. The SMILES string of the molecule is CNC(C)c1ccccc1Sc1ncnn1C. The molecule has 0 bridgehead atoms. The van der Waals surface area contributed by atoms with Gasteiger partial charge in [0.1, 0.15) is 6.33 Å². The normalized spacial score (nSPS) is 12.6. The highest BCUT2D eigenvalue weighted by Gasteiger charge is 2.11. The zero-order chi connectivity index (χ0) is 12.3. The monoisotopic (exact) mass is 248 g/mol. The Labute approximate surface area is 105 Å². The second kappa shape index (κ2) is 5.33. The van der Waals surface area contributed by atoms with Crippen LogP contribution in [-0.2, 0) is 7.05 Å². The average molecular weight is 248 g/mol. The Morgan fingerprint density at radius 2 is 2.12 bits per heavy atom. The molecule has 0 saturated heterocycles. The van der Waals surface area contributed by atoms with E-state index in [-0.39, 0.29) is 0 Å². The third kappa shape index (κ3) is 2.68. The lowest BCUT2D eigenvalue weighted by atomic mass is 10.1. The van der Waals surface area contributed by atoms with Crippen LogP contribution in [0.15, 0.2) is 40.6 Å². The summed E-state index contributed by atoms with van der Waals surface area (Å²) in [5.41, 5.74) is 1.28. The van der Waals surface area contributed by atoms with Crippen molar-refractivity contribution in [3.05, 3.63) is 36.2 Å². The van der Waals surface area contributed by atoms with Gasteiger partial charge in [0, 0.05) is 18.0 Å². The summed E-state index contributed by atoms with van der Waals surface area (Å²) in [4.78, 5) is 5.45. The van der Waals surface area contributed by atoms with Crippen molar-refractivity contribution in [1.82, 2.24) is 20.1 Å². The molecule has 2 aromatic rings. The van der Waals surface area contributed by atoms with E-state index in [0.29, 0.717) is 6.04 Å². The predicted molar refractivity (Wildman–Crippen MR) is 69.0 cm³/mol. The molecule has 1 heterocycles. The predicted octanol–water partition coefficient (Wildman–Crippen LogP) is 2.25. The first-order valence-electron chi connectivity index (χ1n) is 5.50. The van der Waals surface area contributed by atoms with Crippen LogP contribution >= 0.6 is 11.8 Å². The summed E-state index contributed by atoms with van der Waals surface area (Å²) in [6.45, 7) is 2.15. The Morgan fingerprint density at radius 1 is 1.35 bits per heavy atom. The second-order valence-corrected chi connectivity index (χ2v) is 4.83. The molecule has 17 heavy (non-hydrogen) atoms. The highest BCUT2D eigenvalue weighted by Crippen LogP contribution is 2.31. The summed E-state index contributed by atoms with van der Waals surface area (Å²) >= 11 is 1.64. The molecule has 1 aromatic heterocycles. The van der Waals surface area contributed by atoms with E-state index >= 15 is 0 Å². The number of aryl methyl sites for hydroxylation is 1. The lowest BCUT2D eigenvalue weighted by Crippen LogP contribution is -2.13. The molecular weight excluding hydrogens is 232 g/mol. The topological polar surface area (TPSA) is 42.7 Å². The van der Waals surface area contributed by atoms with Crippen LogP contribution < -0.4 is 5.32 Å². The third-order valence-corrected chi connectivity index (χ3v) is 3.83. The fraction of sp³-hybridized carbons (Fsp3) is 0.333. The largest absolute Gasteiger partial charge is 0.313 e. The van der Waals surface area contributed by atoms with Crippen LogP contribution in [0.1, 0.15) is 18.5 Å². The lowest BCUT2D eigenvalue weighted by molar-refractivity contribution is 0.640. The Bertz CT molecular complexity index is 495. The molecule has 0 aliphatic carbocycles. The van der Waals surface area contributed by atoms with E-state index in [9.17, 15) is 0 Å². The molecule has 1 unspecified atom stereocenters. The molecule has 0 saturated carbocycles. The molecule has 2 rings (SSSR count). The van der Waals surface area contributed by atoms with E-state index in [1.807, 2.05) is 20.2 Å². The van der Waals surface area contributed by atoms with Gasteiger partial charge >= 0.3 is 0 Å². The van der Waals surface area contributed by atoms with Crippen molar-refractivity contribution >= 4 is 11.8 Å². The number of nitrogens with one attached hydrogen (secondary N) is 1. The summed E-state index contributed by atoms with van der Waals surface area (Å²) in [5.74, 6) is 0. The summed E-state index contributed by atoms with van der Waals surface area (Å²) in [6.07, 6.45) is 1.58. The van der Waals surface area contributed by atoms with Crippen LogP contribution in [0, 0.1) is 0 Å². The van der Waals surface area contributed by atoms with Gasteiger partial charge in [-0.05, 0) is 37.4 Å². The fourth-order valence-electron chi connectivity index (χ4n) is 1.56. The van der Waals surface area contributed by atoms with E-state index in [0.717, 1.165) is 5.16 Å². The van der Waals surface area contributed by atoms with Gasteiger partial charge in [-0.15, -0.1) is 0 Å². The van der Waals surface area contributed by atoms with Crippen molar-refractivity contribution in [2.45, 2.75) is 23.0 Å². The molecule has 1 aromatic carbocycles. The molecule has 0 amide bonds. The minimum atomic E-state index is 0.326. The first kappa shape index (κ1) is 12.1. The van der Waals surface area contributed by atoms with Crippen LogP contribution in [0.3, 0.4) is 0 Å². The molecule has 0 spiro atoms. The van der Waals surface area contributed by atoms with E-state index < -0.39 is 0 Å². The van der Waals surface area contributed by atoms with Gasteiger partial charge in [0.2, 0.25) is 0 Å². The van der Waals surface area contributed by atoms with E-state index in [1.165, 1.54) is 10.5 Å². The third-order valence-electron chi connectivity index (χ3n) is 2.69. The van der Waals surface area contributed by atoms with Gasteiger partial charge in [-0.25, -0.2) is 9.67 Å². The maximum absolute atomic E-state index is 4.23. The number of nitrogens with zero attached hydrogens (tertiary/aromatic N) is 3. The van der Waals surface area contributed by atoms with Crippen molar-refractivity contribution in [3.8, 4) is 0 Å². The van der Waals surface area contributed by atoms with Crippen LogP contribution in [-0.4, -0.2) is 21.8 Å². The quantitative estimate of drug-likeness (QED) is 0.901. The Kier molecular flexibility index (Phi) is 3.81. The van der Waals surface area contributed by atoms with Crippen molar-refractivity contribution in [3.63, 3.8) is 0 Å². The zero-order valence-electron chi connectivity index (χ0n) is 10.2. The van der Waals surface area contributed by atoms with Crippen LogP contribution in [0.4, 0.5) is 0 Å². The maximum atomic E-state index is 4.23. The van der Waals surface area contributed by atoms with Crippen LogP contribution in [0.2, 0.25) is 0 Å². The van der Waals surface area contributed by atoms with Gasteiger partial charge in [0.15, 0.2) is 5.16 Å². The average Bonchev–Trinajstić information content (AvgIpc) is 2.75. The van der Waals surface area contributed by atoms with Gasteiger partial charge in [-0.1, -0.05) is 18.2 Å². The Morgan fingerprint density at radius 3 is 2.76 bits per heavy atom. The molecule has 5 heteroatoms. The smallest absolute Gasteiger partial charge is 0.190 e. The van der Waals surface area contributed by atoms with E-state index in [2.05, 4.69) is 40.5 Å². The molecule has 0 aliphatic heterocycles. The van der Waals surface area contributed by atoms with Crippen LogP contribution in [0.25, 0.3) is 0 Å². The van der Waals surface area contributed by atoms with Crippen molar-refractivity contribution < 1.29 is 0 Å². The zero-order valence-corrected chi connectivity index (χ0v) is 11.0. The highest BCUT2D eigenvalue weighted by molar-refractivity contribution is 7.99. The molecule has 1 N–H and O–H groups in total. The van der Waals surface area contributed by atoms with Crippen LogP contribution in [0.5, 0.6) is 0 Å². The van der Waals surface area contributed by atoms with Crippen molar-refractivity contribution in [2.24, 2.45) is 7.05 Å². The van der Waals surface area contributed by atoms with E-state index in [4.69, 9.17) is 0 Å². The van der Waals surface area contributed by atoms with Gasteiger partial charge in [-0.3, -0.25) is 0 Å². The molecular formula is C12H16N4S.